The van der Waals surface area contributed by atoms with Crippen molar-refractivity contribution < 1.29 is 4.74 Å². The van der Waals surface area contributed by atoms with E-state index in [0.717, 1.165) is 46.9 Å². The third-order valence-corrected chi connectivity index (χ3v) is 10.3. The molecule has 51 heavy (non-hydrogen) atoms. The van der Waals surface area contributed by atoms with Gasteiger partial charge in [-0.3, -0.25) is 4.57 Å². The first-order valence-electron chi connectivity index (χ1n) is 18.7. The molecule has 0 saturated carbocycles. The van der Waals surface area contributed by atoms with Crippen LogP contribution >= 0.6 is 0 Å². The maximum atomic E-state index is 6.58. The number of ether oxygens (including phenoxy) is 1. The van der Waals surface area contributed by atoms with Crippen LogP contribution in [0.2, 0.25) is 0 Å². The van der Waals surface area contributed by atoms with E-state index in [-0.39, 0.29) is 0 Å². The average Bonchev–Trinajstić information content (AvgIpc) is 3.75. The van der Waals surface area contributed by atoms with Crippen LogP contribution in [0.1, 0.15) is 107 Å². The minimum atomic E-state index is 0.409. The summed E-state index contributed by atoms with van der Waals surface area (Å²) in [6.45, 7) is 16.0. The van der Waals surface area contributed by atoms with Gasteiger partial charge in [-0.25, -0.2) is 9.67 Å². The van der Waals surface area contributed by atoms with Crippen molar-refractivity contribution in [1.29, 1.82) is 0 Å². The molecule has 3 heterocycles. The molecular weight excluding hydrogens is 625 g/mol. The Kier molecular flexibility index (Phi) is 9.82. The van der Waals surface area contributed by atoms with Gasteiger partial charge in [-0.05, 0) is 102 Å². The van der Waals surface area contributed by atoms with Gasteiger partial charge in [0.1, 0.15) is 17.3 Å². The quantitative estimate of drug-likeness (QED) is 0.130. The lowest BCUT2D eigenvalue weighted by Gasteiger charge is -2.23. The van der Waals surface area contributed by atoms with Gasteiger partial charge in [0, 0.05) is 40.9 Å². The van der Waals surface area contributed by atoms with Crippen LogP contribution in [-0.4, -0.2) is 19.3 Å². The Hall–Kier alpha value is -5.16. The number of fused-ring (bicyclic) bond motifs is 3. The largest absolute Gasteiger partial charge is 0.457 e. The molecule has 5 heteroatoms. The fraction of sp³-hybridized carbons (Fsp3) is 0.304. The Balaban J connectivity index is 1.24. The Morgan fingerprint density at radius 3 is 2.14 bits per heavy atom. The Bertz CT molecular complexity index is 2280. The fourth-order valence-corrected chi connectivity index (χ4v) is 7.73. The molecule has 0 N–H and O–H groups in total. The van der Waals surface area contributed by atoms with Crippen LogP contribution in [0.3, 0.4) is 0 Å². The van der Waals surface area contributed by atoms with E-state index in [1.165, 1.54) is 57.0 Å². The van der Waals surface area contributed by atoms with Crippen molar-refractivity contribution in [3.63, 3.8) is 0 Å². The number of aromatic nitrogens is 4. The van der Waals surface area contributed by atoms with Crippen molar-refractivity contribution >= 4 is 21.8 Å². The summed E-state index contributed by atoms with van der Waals surface area (Å²) in [6.07, 6.45) is 10.8. The van der Waals surface area contributed by atoms with Crippen LogP contribution in [0, 0.1) is 6.92 Å². The average molecular weight is 675 g/mol. The highest BCUT2D eigenvalue weighted by molar-refractivity contribution is 6.09. The maximum Gasteiger partial charge on any atom is 0.137 e. The molecular formula is C46H50N4O. The lowest BCUT2D eigenvalue weighted by atomic mass is 9.81. The minimum absolute atomic E-state index is 0.409. The Morgan fingerprint density at radius 2 is 1.41 bits per heavy atom. The van der Waals surface area contributed by atoms with Gasteiger partial charge in [0.05, 0.1) is 22.9 Å². The maximum absolute atomic E-state index is 6.58. The van der Waals surface area contributed by atoms with Crippen LogP contribution in [0.15, 0.2) is 110 Å². The van der Waals surface area contributed by atoms with Gasteiger partial charge in [-0.15, -0.1) is 0 Å². The van der Waals surface area contributed by atoms with Crippen LogP contribution in [0.25, 0.3) is 44.4 Å². The monoisotopic (exact) mass is 674 g/mol. The van der Waals surface area contributed by atoms with Gasteiger partial charge >= 0.3 is 0 Å². The van der Waals surface area contributed by atoms with Crippen molar-refractivity contribution in [2.24, 2.45) is 0 Å². The fourth-order valence-electron chi connectivity index (χ4n) is 7.73. The molecule has 0 spiro atoms. The van der Waals surface area contributed by atoms with E-state index in [9.17, 15) is 0 Å². The third-order valence-electron chi connectivity index (χ3n) is 10.3. The molecule has 3 aromatic heterocycles. The molecule has 0 aliphatic rings. The highest BCUT2D eigenvalue weighted by Gasteiger charge is 2.21. The molecule has 1 unspecified atom stereocenters. The molecule has 0 saturated heterocycles. The number of nitrogens with zero attached hydrogens (tertiary/aromatic N) is 4. The predicted molar refractivity (Wildman–Crippen MR) is 213 cm³/mol. The molecule has 0 radical (unpaired) electrons. The van der Waals surface area contributed by atoms with Gasteiger partial charge in [0.15, 0.2) is 0 Å². The second-order valence-corrected chi connectivity index (χ2v) is 14.6. The molecule has 7 rings (SSSR count). The summed E-state index contributed by atoms with van der Waals surface area (Å²) in [5.74, 6) is 3.80. The Morgan fingerprint density at radius 1 is 0.706 bits per heavy atom. The highest BCUT2D eigenvalue weighted by Crippen LogP contribution is 2.40. The molecule has 0 aliphatic heterocycles. The summed E-state index contributed by atoms with van der Waals surface area (Å²) in [5, 5.41) is 7.27. The van der Waals surface area contributed by atoms with Crippen LogP contribution in [-0.2, 0) is 0 Å². The zero-order valence-corrected chi connectivity index (χ0v) is 31.1. The normalized spacial score (nSPS) is 12.9. The molecule has 0 aliphatic carbocycles. The van der Waals surface area contributed by atoms with Crippen molar-refractivity contribution in [3.8, 4) is 34.1 Å². The number of hydrogen-bond acceptors (Lipinski definition) is 3. The second kappa shape index (κ2) is 14.6. The zero-order valence-electron chi connectivity index (χ0n) is 31.1. The van der Waals surface area contributed by atoms with Crippen LogP contribution < -0.4 is 4.74 Å². The second-order valence-electron chi connectivity index (χ2n) is 14.6. The molecule has 5 nitrogen and oxygen atoms in total. The third kappa shape index (κ3) is 6.82. The first kappa shape index (κ1) is 34.3. The molecule has 4 aromatic carbocycles. The van der Waals surface area contributed by atoms with E-state index in [4.69, 9.17) is 14.8 Å². The lowest BCUT2D eigenvalue weighted by molar-refractivity contribution is 0.483. The van der Waals surface area contributed by atoms with Gasteiger partial charge < -0.3 is 4.74 Å². The smallest absolute Gasteiger partial charge is 0.137 e. The van der Waals surface area contributed by atoms with Crippen LogP contribution in [0.5, 0.6) is 11.5 Å². The molecule has 0 amide bonds. The van der Waals surface area contributed by atoms with Gasteiger partial charge in [0.2, 0.25) is 0 Å². The summed E-state index contributed by atoms with van der Waals surface area (Å²) < 4.78 is 10.8. The summed E-state index contributed by atoms with van der Waals surface area (Å²) in [5.41, 5.74) is 11.2. The van der Waals surface area contributed by atoms with E-state index in [2.05, 4.69) is 138 Å². The van der Waals surface area contributed by atoms with E-state index < -0.39 is 0 Å². The first-order valence-corrected chi connectivity index (χ1v) is 18.7. The van der Waals surface area contributed by atoms with Crippen molar-refractivity contribution in [3.05, 3.63) is 132 Å². The molecule has 7 aromatic rings. The molecule has 0 bridgehead atoms. The number of hydrogen-bond donors (Lipinski definition) is 0. The number of benzene rings is 4. The van der Waals surface area contributed by atoms with Gasteiger partial charge in [-0.1, -0.05) is 96.3 Å². The standard InChI is InChI=1S/C46H50N4O/c1-8-13-32(6)41-23-31(5)24-42(33(7)14-9-2)46(41)35-28-48-49(29-35)36-15-12-16-37(26-36)51-38-19-20-40-39-17-10-11-18-43(39)50(44(40)27-38)45-25-34(30(3)4)21-22-47-45/h10-12,15-30,32-33H,8-9,13-14H2,1-7H3/t32-,33?/m1/s1. The highest BCUT2D eigenvalue weighted by atomic mass is 16.5. The van der Waals surface area contributed by atoms with E-state index in [0.29, 0.717) is 17.8 Å². The van der Waals surface area contributed by atoms with Crippen molar-refractivity contribution in [2.45, 2.75) is 91.9 Å². The molecule has 0 fully saturated rings. The summed E-state index contributed by atoms with van der Waals surface area (Å²) in [7, 11) is 0. The minimum Gasteiger partial charge on any atom is -0.457 e. The number of pyridine rings is 1. The number of aryl methyl sites for hydroxylation is 1. The van der Waals surface area contributed by atoms with Gasteiger partial charge in [0.25, 0.3) is 0 Å². The summed E-state index contributed by atoms with van der Waals surface area (Å²) in [6, 6.07) is 32.2. The van der Waals surface area contributed by atoms with E-state index >= 15 is 0 Å². The van der Waals surface area contributed by atoms with Crippen molar-refractivity contribution in [2.75, 3.05) is 0 Å². The molecule has 2 atom stereocenters. The Labute approximate surface area is 302 Å². The first-order chi connectivity index (χ1) is 24.7. The summed E-state index contributed by atoms with van der Waals surface area (Å²) in [4.78, 5) is 4.81. The number of rotatable bonds is 12. The number of para-hydroxylation sites is 1. The molecule has 260 valence electrons. The van der Waals surface area contributed by atoms with Crippen LogP contribution in [0.4, 0.5) is 0 Å². The topological polar surface area (TPSA) is 44.9 Å². The predicted octanol–water partition coefficient (Wildman–Crippen LogP) is 13.1. The zero-order chi connectivity index (χ0) is 35.6. The van der Waals surface area contributed by atoms with Gasteiger partial charge in [-0.2, -0.15) is 5.10 Å². The lowest BCUT2D eigenvalue weighted by Crippen LogP contribution is -2.04. The van der Waals surface area contributed by atoms with Crippen molar-refractivity contribution in [1.82, 2.24) is 19.3 Å². The van der Waals surface area contributed by atoms with E-state index in [1.54, 1.807) is 0 Å². The van der Waals surface area contributed by atoms with E-state index in [1.807, 2.05) is 29.2 Å². The SMILES string of the molecule is CCCC(C)c1cc(C)cc([C@H](C)CCC)c1-c1cnn(-c2cccc(Oc3ccc4c5ccccc5n(-c5cc(C(C)C)ccn5)c4c3)c2)c1. The summed E-state index contributed by atoms with van der Waals surface area (Å²) >= 11 is 0.